The van der Waals surface area contributed by atoms with Gasteiger partial charge in [-0.15, -0.1) is 0 Å². The Labute approximate surface area is 157 Å². The van der Waals surface area contributed by atoms with Crippen molar-refractivity contribution < 1.29 is 4.79 Å². The van der Waals surface area contributed by atoms with Crippen molar-refractivity contribution in [2.75, 3.05) is 10.6 Å². The number of amides is 1. The molecule has 0 unspecified atom stereocenters. The molecule has 1 fully saturated rings. The SMILES string of the molecule is O=C(Nc1ccc(Cl)c(Cl)c1)c1cnc(NC2CCCCCC2)nc1. The molecule has 7 heteroatoms. The van der Waals surface area contributed by atoms with Crippen LogP contribution in [0.5, 0.6) is 0 Å². The Balaban J connectivity index is 1.60. The molecule has 3 rings (SSSR count). The smallest absolute Gasteiger partial charge is 0.258 e. The summed E-state index contributed by atoms with van der Waals surface area (Å²) in [5.74, 6) is 0.275. The molecule has 1 aromatic heterocycles. The Hall–Kier alpha value is -1.85. The number of carbonyl (C=O) groups excluding carboxylic acids is 1. The fraction of sp³-hybridized carbons (Fsp3) is 0.389. The summed E-state index contributed by atoms with van der Waals surface area (Å²) < 4.78 is 0. The minimum Gasteiger partial charge on any atom is -0.351 e. The first kappa shape index (κ1) is 18.0. The van der Waals surface area contributed by atoms with Crippen LogP contribution in [0.15, 0.2) is 30.6 Å². The molecule has 1 amide bonds. The van der Waals surface area contributed by atoms with Crippen LogP contribution in [0.3, 0.4) is 0 Å². The van der Waals surface area contributed by atoms with E-state index in [4.69, 9.17) is 23.2 Å². The van der Waals surface area contributed by atoms with Crippen LogP contribution >= 0.6 is 23.2 Å². The highest BCUT2D eigenvalue weighted by atomic mass is 35.5. The quantitative estimate of drug-likeness (QED) is 0.720. The highest BCUT2D eigenvalue weighted by Crippen LogP contribution is 2.25. The fourth-order valence-electron chi connectivity index (χ4n) is 2.90. The van der Waals surface area contributed by atoms with Crippen LogP contribution in [0, 0.1) is 0 Å². The maximum Gasteiger partial charge on any atom is 0.258 e. The first-order valence-electron chi connectivity index (χ1n) is 8.47. The molecule has 1 aliphatic rings. The van der Waals surface area contributed by atoms with Crippen LogP contribution in [-0.4, -0.2) is 21.9 Å². The molecule has 0 saturated heterocycles. The summed E-state index contributed by atoms with van der Waals surface area (Å²) >= 11 is 11.8. The van der Waals surface area contributed by atoms with Gasteiger partial charge in [0.1, 0.15) is 0 Å². The van der Waals surface area contributed by atoms with Crippen molar-refractivity contribution in [2.24, 2.45) is 0 Å². The second-order valence-corrected chi connectivity index (χ2v) is 7.03. The molecular formula is C18H20Cl2N4O. The van der Waals surface area contributed by atoms with Crippen molar-refractivity contribution in [3.05, 3.63) is 46.2 Å². The number of carbonyl (C=O) groups is 1. The highest BCUT2D eigenvalue weighted by Gasteiger charge is 2.14. The van der Waals surface area contributed by atoms with Gasteiger partial charge < -0.3 is 10.6 Å². The molecular weight excluding hydrogens is 359 g/mol. The average Bonchev–Trinajstić information content (AvgIpc) is 2.87. The van der Waals surface area contributed by atoms with E-state index < -0.39 is 0 Å². The summed E-state index contributed by atoms with van der Waals surface area (Å²) in [6, 6.07) is 5.34. The lowest BCUT2D eigenvalue weighted by Crippen LogP contribution is -2.20. The third kappa shape index (κ3) is 5.06. The Kier molecular flexibility index (Phi) is 6.10. The van der Waals surface area contributed by atoms with E-state index in [1.807, 2.05) is 0 Å². The molecule has 1 aromatic carbocycles. The molecule has 0 bridgehead atoms. The van der Waals surface area contributed by atoms with Gasteiger partial charge in [0.25, 0.3) is 5.91 Å². The van der Waals surface area contributed by atoms with Crippen LogP contribution in [-0.2, 0) is 0 Å². The van der Waals surface area contributed by atoms with Gasteiger partial charge in [-0.25, -0.2) is 9.97 Å². The summed E-state index contributed by atoms with van der Waals surface area (Å²) in [6.45, 7) is 0. The molecule has 132 valence electrons. The van der Waals surface area contributed by atoms with Crippen LogP contribution in [0.1, 0.15) is 48.9 Å². The van der Waals surface area contributed by atoms with E-state index in [-0.39, 0.29) is 5.91 Å². The number of hydrogen-bond donors (Lipinski definition) is 2. The number of halogens is 2. The fourth-order valence-corrected chi connectivity index (χ4v) is 3.20. The van der Waals surface area contributed by atoms with Gasteiger partial charge in [-0.3, -0.25) is 4.79 Å². The lowest BCUT2D eigenvalue weighted by atomic mass is 10.1. The van der Waals surface area contributed by atoms with E-state index in [0.29, 0.717) is 33.3 Å². The van der Waals surface area contributed by atoms with Crippen molar-refractivity contribution in [1.82, 2.24) is 9.97 Å². The predicted molar refractivity (Wildman–Crippen MR) is 102 cm³/mol. The summed E-state index contributed by atoms with van der Waals surface area (Å²) in [6.07, 6.45) is 10.4. The van der Waals surface area contributed by atoms with Gasteiger partial charge in [0, 0.05) is 24.1 Å². The van der Waals surface area contributed by atoms with E-state index in [1.165, 1.54) is 38.1 Å². The van der Waals surface area contributed by atoms with Crippen molar-refractivity contribution in [2.45, 2.75) is 44.6 Å². The van der Waals surface area contributed by atoms with Crippen molar-refractivity contribution in [3.8, 4) is 0 Å². The monoisotopic (exact) mass is 378 g/mol. The van der Waals surface area contributed by atoms with Gasteiger partial charge >= 0.3 is 0 Å². The summed E-state index contributed by atoms with van der Waals surface area (Å²) in [5, 5.41) is 6.95. The number of rotatable bonds is 4. The van der Waals surface area contributed by atoms with Gasteiger partial charge in [0.05, 0.1) is 15.6 Å². The molecule has 2 aromatic rings. The Morgan fingerprint density at radius 2 is 1.68 bits per heavy atom. The zero-order chi connectivity index (χ0) is 17.6. The Morgan fingerprint density at radius 3 is 2.32 bits per heavy atom. The van der Waals surface area contributed by atoms with Crippen LogP contribution in [0.4, 0.5) is 11.6 Å². The predicted octanol–water partition coefficient (Wildman–Crippen LogP) is 5.17. The summed E-state index contributed by atoms with van der Waals surface area (Å²) in [7, 11) is 0. The number of benzene rings is 1. The van der Waals surface area contributed by atoms with E-state index >= 15 is 0 Å². The first-order chi connectivity index (χ1) is 12.1. The number of nitrogens with one attached hydrogen (secondary N) is 2. The number of aromatic nitrogens is 2. The topological polar surface area (TPSA) is 66.9 Å². The van der Waals surface area contributed by atoms with E-state index in [1.54, 1.807) is 18.2 Å². The van der Waals surface area contributed by atoms with Gasteiger partial charge in [0.2, 0.25) is 5.95 Å². The van der Waals surface area contributed by atoms with Crippen molar-refractivity contribution in [1.29, 1.82) is 0 Å². The zero-order valence-electron chi connectivity index (χ0n) is 13.8. The highest BCUT2D eigenvalue weighted by molar-refractivity contribution is 6.42. The minimum atomic E-state index is -0.292. The molecule has 1 saturated carbocycles. The molecule has 2 N–H and O–H groups in total. The van der Waals surface area contributed by atoms with Gasteiger partial charge in [0.15, 0.2) is 0 Å². The largest absolute Gasteiger partial charge is 0.351 e. The van der Waals surface area contributed by atoms with E-state index in [0.717, 1.165) is 12.8 Å². The standard InChI is InChI=1S/C18H20Cl2N4O/c19-15-8-7-14(9-16(15)20)23-17(25)12-10-21-18(22-11-12)24-13-5-3-1-2-4-6-13/h7-11,13H,1-6H2,(H,23,25)(H,21,22,24). The second-order valence-electron chi connectivity index (χ2n) is 6.21. The average molecular weight is 379 g/mol. The Morgan fingerprint density at radius 1 is 1.00 bits per heavy atom. The molecule has 0 spiro atoms. The van der Waals surface area contributed by atoms with E-state index in [9.17, 15) is 4.79 Å². The summed E-state index contributed by atoms with van der Waals surface area (Å²) in [5.41, 5.74) is 0.956. The lowest BCUT2D eigenvalue weighted by Gasteiger charge is -2.15. The lowest BCUT2D eigenvalue weighted by molar-refractivity contribution is 0.102. The zero-order valence-corrected chi connectivity index (χ0v) is 15.3. The number of nitrogens with zero attached hydrogens (tertiary/aromatic N) is 2. The molecule has 25 heavy (non-hydrogen) atoms. The summed E-state index contributed by atoms with van der Waals surface area (Å²) in [4.78, 5) is 20.8. The van der Waals surface area contributed by atoms with Crippen LogP contribution < -0.4 is 10.6 Å². The molecule has 0 radical (unpaired) electrons. The minimum absolute atomic E-state index is 0.292. The normalized spacial score (nSPS) is 15.4. The third-order valence-corrected chi connectivity index (χ3v) is 5.02. The first-order valence-corrected chi connectivity index (χ1v) is 9.22. The van der Waals surface area contributed by atoms with Crippen LogP contribution in [0.2, 0.25) is 10.0 Å². The van der Waals surface area contributed by atoms with Gasteiger partial charge in [-0.05, 0) is 31.0 Å². The molecule has 1 heterocycles. The van der Waals surface area contributed by atoms with Gasteiger partial charge in [-0.1, -0.05) is 48.9 Å². The van der Waals surface area contributed by atoms with Gasteiger partial charge in [-0.2, -0.15) is 0 Å². The van der Waals surface area contributed by atoms with Crippen molar-refractivity contribution in [3.63, 3.8) is 0 Å². The molecule has 1 aliphatic carbocycles. The second kappa shape index (κ2) is 8.50. The van der Waals surface area contributed by atoms with Crippen LogP contribution in [0.25, 0.3) is 0 Å². The third-order valence-electron chi connectivity index (χ3n) is 4.28. The molecule has 0 aliphatic heterocycles. The number of hydrogen-bond acceptors (Lipinski definition) is 4. The molecule has 0 atom stereocenters. The van der Waals surface area contributed by atoms with E-state index in [2.05, 4.69) is 20.6 Å². The van der Waals surface area contributed by atoms with Crippen molar-refractivity contribution >= 4 is 40.7 Å². The number of anilines is 2. The Bertz CT molecular complexity index is 728. The maximum atomic E-state index is 12.3. The maximum absolute atomic E-state index is 12.3. The molecule has 5 nitrogen and oxygen atoms in total.